The molecule has 30 heavy (non-hydrogen) atoms. The molecule has 2 aromatic carbocycles. The van der Waals surface area contributed by atoms with E-state index >= 15 is 0 Å². The summed E-state index contributed by atoms with van der Waals surface area (Å²) in [7, 11) is 4.71. The number of hydrogen-bond acceptors (Lipinski definition) is 8. The Morgan fingerprint density at radius 3 is 2.30 bits per heavy atom. The van der Waals surface area contributed by atoms with Gasteiger partial charge in [-0.3, -0.25) is 0 Å². The molecule has 0 aliphatic rings. The maximum absolute atomic E-state index is 5.48. The number of benzene rings is 2. The van der Waals surface area contributed by atoms with Gasteiger partial charge in [-0.2, -0.15) is 14.9 Å². The van der Waals surface area contributed by atoms with Gasteiger partial charge >= 0.3 is 0 Å². The van der Waals surface area contributed by atoms with Gasteiger partial charge in [-0.15, -0.1) is 0 Å². The van der Waals surface area contributed by atoms with Gasteiger partial charge in [0, 0.05) is 17.7 Å². The average Bonchev–Trinajstić information content (AvgIpc) is 3.14. The zero-order chi connectivity index (χ0) is 21.5. The normalized spacial score (nSPS) is 10.8. The third kappa shape index (κ3) is 4.54. The van der Waals surface area contributed by atoms with Crippen LogP contribution in [-0.4, -0.2) is 49.0 Å². The van der Waals surface area contributed by atoms with Crippen molar-refractivity contribution in [3.8, 4) is 34.4 Å². The fraction of sp³-hybridized carbons (Fsp3) is 0.250. The standard InChI is InChI=1S/C20H23N5O4S/c1-5-29-14-8-6-13(7-9-14)19-22-23-20(30)25(19)24-21-12-16-17(27-3)10-15(26-2)11-18(16)28-4/h6-12,24H,5H2,1-4H3,(H,23,30)/b21-12+. The zero-order valence-corrected chi connectivity index (χ0v) is 17.9. The molecule has 2 N–H and O–H groups in total. The van der Waals surface area contributed by atoms with Gasteiger partial charge in [0.05, 0.1) is 39.7 Å². The Balaban J connectivity index is 1.88. The van der Waals surface area contributed by atoms with Crippen molar-refractivity contribution in [3.63, 3.8) is 0 Å². The van der Waals surface area contributed by atoms with Crippen LogP contribution in [-0.2, 0) is 0 Å². The lowest BCUT2D eigenvalue weighted by Crippen LogP contribution is -2.11. The SMILES string of the molecule is CCOc1ccc(-c2n[nH]c(=S)n2N/N=C/c2c(OC)cc(OC)cc2OC)cc1. The predicted molar refractivity (Wildman–Crippen MR) is 117 cm³/mol. The molecule has 0 saturated heterocycles. The summed E-state index contributed by atoms with van der Waals surface area (Å²) in [6.07, 6.45) is 1.58. The van der Waals surface area contributed by atoms with Crippen LogP contribution >= 0.6 is 12.2 Å². The van der Waals surface area contributed by atoms with Crippen LogP contribution in [0.15, 0.2) is 41.5 Å². The summed E-state index contributed by atoms with van der Waals surface area (Å²) in [6, 6.07) is 11.0. The Kier molecular flexibility index (Phi) is 6.91. The van der Waals surface area contributed by atoms with Crippen molar-refractivity contribution in [1.82, 2.24) is 14.9 Å². The van der Waals surface area contributed by atoms with Crippen LogP contribution in [0, 0.1) is 4.77 Å². The van der Waals surface area contributed by atoms with Crippen molar-refractivity contribution in [2.24, 2.45) is 5.10 Å². The van der Waals surface area contributed by atoms with Crippen LogP contribution in [0.25, 0.3) is 11.4 Å². The van der Waals surface area contributed by atoms with E-state index in [9.17, 15) is 0 Å². The molecule has 3 rings (SSSR count). The molecule has 1 aromatic heterocycles. The zero-order valence-electron chi connectivity index (χ0n) is 17.1. The molecule has 158 valence electrons. The van der Waals surface area contributed by atoms with Gasteiger partial charge in [0.25, 0.3) is 0 Å². The van der Waals surface area contributed by atoms with Crippen LogP contribution in [0.5, 0.6) is 23.0 Å². The second kappa shape index (κ2) is 9.79. The molecule has 0 unspecified atom stereocenters. The molecule has 0 saturated carbocycles. The molecule has 1 heterocycles. The van der Waals surface area contributed by atoms with E-state index < -0.39 is 0 Å². The van der Waals surface area contributed by atoms with E-state index in [-0.39, 0.29) is 0 Å². The van der Waals surface area contributed by atoms with Crippen molar-refractivity contribution in [2.75, 3.05) is 33.5 Å². The van der Waals surface area contributed by atoms with E-state index in [2.05, 4.69) is 20.8 Å². The Labute approximate surface area is 179 Å². The van der Waals surface area contributed by atoms with E-state index in [4.69, 9.17) is 31.2 Å². The molecule has 0 radical (unpaired) electrons. The number of ether oxygens (including phenoxy) is 4. The number of nitrogens with one attached hydrogen (secondary N) is 2. The first-order chi connectivity index (χ1) is 14.6. The molecule has 10 heteroatoms. The minimum absolute atomic E-state index is 0.365. The fourth-order valence-corrected chi connectivity index (χ4v) is 2.93. The number of H-pyrrole nitrogens is 1. The van der Waals surface area contributed by atoms with E-state index in [0.717, 1.165) is 11.3 Å². The van der Waals surface area contributed by atoms with Gasteiger partial charge in [0.1, 0.15) is 23.0 Å². The van der Waals surface area contributed by atoms with Gasteiger partial charge in [-0.05, 0) is 43.4 Å². The Morgan fingerprint density at radius 2 is 1.73 bits per heavy atom. The number of rotatable bonds is 9. The maximum atomic E-state index is 5.48. The minimum atomic E-state index is 0.365. The number of aromatic amines is 1. The monoisotopic (exact) mass is 429 g/mol. The van der Waals surface area contributed by atoms with E-state index in [1.54, 1.807) is 44.4 Å². The summed E-state index contributed by atoms with van der Waals surface area (Å²) in [6.45, 7) is 2.54. The highest BCUT2D eigenvalue weighted by Gasteiger charge is 2.12. The highest BCUT2D eigenvalue weighted by Crippen LogP contribution is 2.32. The third-order valence-electron chi connectivity index (χ3n) is 4.20. The van der Waals surface area contributed by atoms with E-state index in [1.807, 2.05) is 31.2 Å². The van der Waals surface area contributed by atoms with Gasteiger partial charge in [-0.25, -0.2) is 10.6 Å². The molecule has 0 spiro atoms. The van der Waals surface area contributed by atoms with Crippen molar-refractivity contribution in [2.45, 2.75) is 6.92 Å². The van der Waals surface area contributed by atoms with Crippen molar-refractivity contribution < 1.29 is 18.9 Å². The van der Waals surface area contributed by atoms with E-state index in [1.165, 1.54) is 0 Å². The van der Waals surface area contributed by atoms with Gasteiger partial charge < -0.3 is 18.9 Å². The highest BCUT2D eigenvalue weighted by atomic mass is 32.1. The molecule has 3 aromatic rings. The lowest BCUT2D eigenvalue weighted by atomic mass is 10.2. The number of methoxy groups -OCH3 is 3. The maximum Gasteiger partial charge on any atom is 0.216 e. The van der Waals surface area contributed by atoms with Crippen molar-refractivity contribution >= 4 is 18.4 Å². The highest BCUT2D eigenvalue weighted by molar-refractivity contribution is 7.71. The third-order valence-corrected chi connectivity index (χ3v) is 4.47. The van der Waals surface area contributed by atoms with Crippen LogP contribution in [0.2, 0.25) is 0 Å². The summed E-state index contributed by atoms with van der Waals surface area (Å²) >= 11 is 5.32. The lowest BCUT2D eigenvalue weighted by Gasteiger charge is -2.12. The summed E-state index contributed by atoms with van der Waals surface area (Å²) in [4.78, 5) is 0. The molecule has 0 fully saturated rings. The Bertz CT molecular complexity index is 1050. The molecule has 0 aliphatic carbocycles. The first kappa shape index (κ1) is 21.2. The van der Waals surface area contributed by atoms with Gasteiger partial charge in [0.15, 0.2) is 5.82 Å². The second-order valence-corrected chi connectivity index (χ2v) is 6.34. The van der Waals surface area contributed by atoms with Crippen molar-refractivity contribution in [1.29, 1.82) is 0 Å². The van der Waals surface area contributed by atoms with Crippen LogP contribution in [0.4, 0.5) is 0 Å². The smallest absolute Gasteiger partial charge is 0.216 e. The number of hydrogen-bond donors (Lipinski definition) is 2. The number of nitrogens with zero attached hydrogens (tertiary/aromatic N) is 3. The number of aromatic nitrogens is 3. The Morgan fingerprint density at radius 1 is 1.07 bits per heavy atom. The first-order valence-electron chi connectivity index (χ1n) is 9.11. The molecule has 0 bridgehead atoms. The molecule has 0 aliphatic heterocycles. The minimum Gasteiger partial charge on any atom is -0.496 e. The van der Waals surface area contributed by atoms with Gasteiger partial charge in [0.2, 0.25) is 4.77 Å². The summed E-state index contributed by atoms with van der Waals surface area (Å²) in [5, 5.41) is 11.3. The first-order valence-corrected chi connectivity index (χ1v) is 9.51. The molecular formula is C20H23N5O4S. The average molecular weight is 430 g/mol. The lowest BCUT2D eigenvalue weighted by molar-refractivity contribution is 0.340. The summed E-state index contributed by atoms with van der Waals surface area (Å²) < 4.78 is 23.5. The van der Waals surface area contributed by atoms with Crippen LogP contribution in [0.3, 0.4) is 0 Å². The largest absolute Gasteiger partial charge is 0.496 e. The molecular weight excluding hydrogens is 406 g/mol. The van der Waals surface area contributed by atoms with Crippen LogP contribution in [0.1, 0.15) is 12.5 Å². The predicted octanol–water partition coefficient (Wildman–Crippen LogP) is 3.61. The van der Waals surface area contributed by atoms with Crippen LogP contribution < -0.4 is 24.5 Å². The van der Waals surface area contributed by atoms with Gasteiger partial charge in [-0.1, -0.05) is 0 Å². The number of hydrazone groups is 1. The summed E-state index contributed by atoms with van der Waals surface area (Å²) in [5.41, 5.74) is 4.38. The summed E-state index contributed by atoms with van der Waals surface area (Å²) in [5.74, 6) is 3.09. The molecule has 0 amide bonds. The molecule has 0 atom stereocenters. The topological polar surface area (TPSA) is 94.9 Å². The Hall–Kier alpha value is -3.53. The fourth-order valence-electron chi connectivity index (χ4n) is 2.76. The molecule has 9 nitrogen and oxygen atoms in total. The van der Waals surface area contributed by atoms with Crippen molar-refractivity contribution in [3.05, 3.63) is 46.7 Å². The quantitative estimate of drug-likeness (QED) is 0.305. The second-order valence-electron chi connectivity index (χ2n) is 5.95. The van der Waals surface area contributed by atoms with E-state index in [0.29, 0.717) is 40.0 Å².